The number of nitrogens with one attached hydrogen (secondary N) is 2. The molecule has 0 amide bonds. The summed E-state index contributed by atoms with van der Waals surface area (Å²) in [4.78, 5) is 7.97. The van der Waals surface area contributed by atoms with Crippen molar-refractivity contribution in [3.8, 4) is 0 Å². The van der Waals surface area contributed by atoms with Crippen LogP contribution in [0.2, 0.25) is 0 Å². The Hall–Kier alpha value is -2.09. The van der Waals surface area contributed by atoms with Gasteiger partial charge < -0.3 is 9.05 Å². The largest absolute Gasteiger partial charge is 0.412 e. The zero-order valence-corrected chi connectivity index (χ0v) is 26.7. The fourth-order valence-electron chi connectivity index (χ4n) is 3.38. The van der Waals surface area contributed by atoms with E-state index in [1.807, 2.05) is 0 Å². The molecule has 48 heavy (non-hydrogen) atoms. The molecule has 0 saturated carbocycles. The van der Waals surface area contributed by atoms with E-state index in [1.165, 1.54) is 48.8 Å². The molecule has 0 aromatic carbocycles. The smallest absolute Gasteiger partial charge is 0.306 e. The molecule has 2 atom stereocenters. The first-order chi connectivity index (χ1) is 22.1. The minimum atomic E-state index is -5.54. The molecule has 0 aliphatic carbocycles. The zero-order valence-electron chi connectivity index (χ0n) is 24.0. The summed E-state index contributed by atoms with van der Waals surface area (Å²) in [6, 6.07) is 9.03. The molecule has 11 nitrogen and oxygen atoms in total. The van der Waals surface area contributed by atoms with Crippen LogP contribution in [0.1, 0.15) is 11.4 Å². The third kappa shape index (κ3) is 14.8. The van der Waals surface area contributed by atoms with Gasteiger partial charge in [-0.25, -0.2) is 10.2 Å². The average molecular weight is 773 g/mol. The lowest BCUT2D eigenvalue weighted by molar-refractivity contribution is -0.163. The lowest BCUT2D eigenvalue weighted by Crippen LogP contribution is -2.26. The van der Waals surface area contributed by atoms with Crippen LogP contribution in [0.4, 0.5) is 52.7 Å². The minimum absolute atomic E-state index is 0.152. The molecule has 0 saturated heterocycles. The molecule has 3 rings (SSSR count). The van der Waals surface area contributed by atoms with Gasteiger partial charge in [0.2, 0.25) is 0 Å². The van der Waals surface area contributed by atoms with Crippen LogP contribution < -0.4 is 10.2 Å². The lowest BCUT2D eigenvalue weighted by atomic mass is 10.3. The number of nitrogens with zero attached hydrogens (tertiary/aromatic N) is 5. The number of rotatable bonds is 16. The molecular formula is C22H26F12N7O4P3. The Labute approximate surface area is 264 Å². The summed E-state index contributed by atoms with van der Waals surface area (Å²) >= 11 is 0. The Balaban J connectivity index is 2.27. The molecule has 2 aromatic rings. The summed E-state index contributed by atoms with van der Waals surface area (Å²) in [5.41, 5.74) is 0.595. The summed E-state index contributed by atoms with van der Waals surface area (Å²) < 4.78 is 191. The standard InChI is InChI=1S/C22H26F12N7O4P3/c23-19(24,25)13-42-46(37-11-7-17-5-1-3-9-35-17)39-47(43-14-20(26,27)28,38-12-8-18-6-2-4-10-36-18)41-48(40-46,44-15-21(29,30)31)45-16-22(32,33)34/h1-6,9-10,37-38H,7-8,11-16H2. The Morgan fingerprint density at radius 3 is 1.23 bits per heavy atom. The molecule has 0 spiro atoms. The van der Waals surface area contributed by atoms with Gasteiger partial charge in [-0.2, -0.15) is 66.2 Å². The summed E-state index contributed by atoms with van der Waals surface area (Å²) in [5, 5.41) is 4.68. The zero-order chi connectivity index (χ0) is 35.7. The van der Waals surface area contributed by atoms with E-state index < -0.39 is 87.0 Å². The van der Waals surface area contributed by atoms with Crippen LogP contribution in [-0.2, 0) is 30.9 Å². The Bertz CT molecular complexity index is 1400. The third-order valence-electron chi connectivity index (χ3n) is 5.17. The van der Waals surface area contributed by atoms with E-state index in [-0.39, 0.29) is 12.8 Å². The Morgan fingerprint density at radius 1 is 0.500 bits per heavy atom. The van der Waals surface area contributed by atoms with E-state index in [2.05, 4.69) is 42.7 Å². The van der Waals surface area contributed by atoms with Crippen LogP contribution in [0.3, 0.4) is 0 Å². The van der Waals surface area contributed by atoms with Crippen LogP contribution >= 0.6 is 22.8 Å². The van der Waals surface area contributed by atoms with Gasteiger partial charge in [0.25, 0.3) is 15.2 Å². The summed E-state index contributed by atoms with van der Waals surface area (Å²) in [5.74, 6) is 0. The molecule has 1 aliphatic rings. The first kappa shape index (κ1) is 40.3. The van der Waals surface area contributed by atoms with E-state index in [0.29, 0.717) is 11.4 Å². The van der Waals surface area contributed by atoms with Crippen molar-refractivity contribution in [3.05, 3.63) is 60.2 Å². The number of alkyl halides is 12. The average Bonchev–Trinajstić information content (AvgIpc) is 2.97. The fourth-order valence-corrected chi connectivity index (χ4v) is 13.5. The fraction of sp³-hybridized carbons (Fsp3) is 0.545. The van der Waals surface area contributed by atoms with Gasteiger partial charge in [-0.3, -0.25) is 19.0 Å². The molecular weight excluding hydrogens is 747 g/mol. The number of aromatic nitrogens is 2. The van der Waals surface area contributed by atoms with Gasteiger partial charge in [-0.05, 0) is 24.3 Å². The van der Waals surface area contributed by atoms with Gasteiger partial charge in [-0.15, -0.1) is 0 Å². The maximum absolute atomic E-state index is 13.5. The normalized spacial score (nSPS) is 21.7. The van der Waals surface area contributed by atoms with Crippen molar-refractivity contribution in [1.29, 1.82) is 0 Å². The summed E-state index contributed by atoms with van der Waals surface area (Å²) in [7, 11) is -15.6. The quantitative estimate of drug-likeness (QED) is 0.129. The maximum Gasteiger partial charge on any atom is 0.412 e. The first-order valence-electron chi connectivity index (χ1n) is 13.2. The highest BCUT2D eigenvalue weighted by atomic mass is 31.3. The molecule has 3 heterocycles. The monoisotopic (exact) mass is 773 g/mol. The molecule has 2 aromatic heterocycles. The Kier molecular flexibility index (Phi) is 13.7. The van der Waals surface area contributed by atoms with Crippen LogP contribution in [0.15, 0.2) is 62.3 Å². The van der Waals surface area contributed by atoms with Crippen molar-refractivity contribution < 1.29 is 70.8 Å². The lowest BCUT2D eigenvalue weighted by Gasteiger charge is -2.35. The highest BCUT2D eigenvalue weighted by Gasteiger charge is 2.47. The van der Waals surface area contributed by atoms with Crippen molar-refractivity contribution in [2.24, 2.45) is 13.5 Å². The third-order valence-corrected chi connectivity index (χ3v) is 14.0. The highest BCUT2D eigenvalue weighted by Crippen LogP contribution is 2.78. The SMILES string of the molecule is FC(F)(F)COP1(NCCc2ccccn2)=NP(NCCc2ccccn2)(OCC(F)(F)F)=NP(OCC(F)(F)F)(OCC(F)(F)F)=N1. The van der Waals surface area contributed by atoms with E-state index in [0.717, 1.165) is 0 Å². The second-order valence-electron chi connectivity index (χ2n) is 9.36. The van der Waals surface area contributed by atoms with E-state index in [4.69, 9.17) is 9.05 Å². The molecule has 2 N–H and O–H groups in total. The molecule has 1 aliphatic heterocycles. The predicted molar refractivity (Wildman–Crippen MR) is 148 cm³/mol. The van der Waals surface area contributed by atoms with Crippen LogP contribution in [0.25, 0.3) is 0 Å². The molecule has 0 radical (unpaired) electrons. The molecule has 26 heteroatoms. The van der Waals surface area contributed by atoms with Crippen molar-refractivity contribution in [3.63, 3.8) is 0 Å². The molecule has 2 unspecified atom stereocenters. The number of halogens is 12. The van der Waals surface area contributed by atoms with E-state index >= 15 is 0 Å². The molecule has 0 fully saturated rings. The van der Waals surface area contributed by atoms with Gasteiger partial charge in [0.1, 0.15) is 0 Å². The maximum atomic E-state index is 13.5. The van der Waals surface area contributed by atoms with Gasteiger partial charge in [0.05, 0.1) is 0 Å². The van der Waals surface area contributed by atoms with Gasteiger partial charge >= 0.3 is 32.4 Å². The second-order valence-corrected chi connectivity index (χ2v) is 16.3. The number of hydrogen-bond acceptors (Lipinski definition) is 11. The number of hydrogen-bond donors (Lipinski definition) is 2. The second kappa shape index (κ2) is 16.3. The van der Waals surface area contributed by atoms with E-state index in [9.17, 15) is 52.7 Å². The van der Waals surface area contributed by atoms with Gasteiger partial charge in [-0.1, -0.05) is 12.1 Å². The summed E-state index contributed by atoms with van der Waals surface area (Å²) in [6.45, 7) is -10.4. The van der Waals surface area contributed by atoms with Crippen molar-refractivity contribution in [2.75, 3.05) is 39.5 Å². The highest BCUT2D eigenvalue weighted by molar-refractivity contribution is 7.80. The van der Waals surface area contributed by atoms with Crippen LogP contribution in [-0.4, -0.2) is 74.2 Å². The van der Waals surface area contributed by atoms with Crippen LogP contribution in [0.5, 0.6) is 0 Å². The van der Waals surface area contributed by atoms with Crippen molar-refractivity contribution in [2.45, 2.75) is 37.5 Å². The van der Waals surface area contributed by atoms with Gasteiger partial charge in [0, 0.05) is 49.7 Å². The van der Waals surface area contributed by atoms with Crippen molar-refractivity contribution >= 4 is 22.8 Å². The van der Waals surface area contributed by atoms with E-state index in [1.54, 1.807) is 0 Å². The van der Waals surface area contributed by atoms with Crippen LogP contribution in [0, 0.1) is 0 Å². The van der Waals surface area contributed by atoms with Crippen molar-refractivity contribution in [1.82, 2.24) is 20.1 Å². The minimum Gasteiger partial charge on any atom is -0.306 e. The van der Waals surface area contributed by atoms with Gasteiger partial charge in [0.15, 0.2) is 26.4 Å². The predicted octanol–water partition coefficient (Wildman–Crippen LogP) is 8.61. The molecule has 272 valence electrons. The Morgan fingerprint density at radius 2 is 0.875 bits per heavy atom. The number of pyridine rings is 2. The first-order valence-corrected chi connectivity index (χ1v) is 17.9. The summed E-state index contributed by atoms with van der Waals surface area (Å²) in [6.07, 6.45) is -18.6. The topological polar surface area (TPSA) is 124 Å². The molecule has 0 bridgehead atoms.